The molecule has 0 unspecified atom stereocenters. The maximum absolute atomic E-state index is 3.88. The number of rotatable bonds is 4. The minimum absolute atomic E-state index is 0.913. The maximum atomic E-state index is 3.88. The first-order valence-corrected chi connectivity index (χ1v) is 3.94. The molecule has 0 saturated carbocycles. The molecule has 0 aliphatic heterocycles. The predicted molar refractivity (Wildman–Crippen MR) is 51.3 cm³/mol. The van der Waals surface area contributed by atoms with Crippen molar-refractivity contribution in [2.24, 2.45) is 10.2 Å². The molecule has 0 fully saturated rings. The van der Waals surface area contributed by atoms with Crippen molar-refractivity contribution in [3.63, 3.8) is 0 Å². The van der Waals surface area contributed by atoms with Crippen molar-refractivity contribution in [1.29, 1.82) is 0 Å². The highest BCUT2D eigenvalue weighted by molar-refractivity contribution is 5.95. The summed E-state index contributed by atoms with van der Waals surface area (Å²) in [5.74, 6) is 0. The van der Waals surface area contributed by atoms with E-state index in [9.17, 15) is 0 Å². The van der Waals surface area contributed by atoms with Gasteiger partial charge in [0.15, 0.2) is 0 Å². The van der Waals surface area contributed by atoms with E-state index < -0.39 is 0 Å². The molecule has 0 atom stereocenters. The zero-order chi connectivity index (χ0) is 8.69. The fraction of sp³-hybridized carbons (Fsp3) is 0.556. The Kier molecular flexibility index (Phi) is 5.35. The van der Waals surface area contributed by atoms with Gasteiger partial charge in [-0.3, -0.25) is 0 Å². The fourth-order valence-electron chi connectivity index (χ4n) is 0.679. The monoisotopic (exact) mass is 152 g/mol. The highest BCUT2D eigenvalue weighted by atomic mass is 15.2. The topological polar surface area (TPSA) is 24.7 Å². The van der Waals surface area contributed by atoms with E-state index in [0.717, 1.165) is 18.6 Å². The van der Waals surface area contributed by atoms with Crippen LogP contribution in [0.5, 0.6) is 0 Å². The van der Waals surface area contributed by atoms with Gasteiger partial charge >= 0.3 is 0 Å². The van der Waals surface area contributed by atoms with Crippen LogP contribution >= 0.6 is 0 Å². The van der Waals surface area contributed by atoms with Gasteiger partial charge in [0.25, 0.3) is 0 Å². The number of nitrogens with zero attached hydrogens (tertiary/aromatic N) is 2. The molecule has 2 nitrogen and oxygen atoms in total. The first-order chi connectivity index (χ1) is 5.24. The second kappa shape index (κ2) is 5.83. The Bertz CT molecular complexity index is 178. The molecule has 0 rings (SSSR count). The van der Waals surface area contributed by atoms with E-state index in [0.29, 0.717) is 0 Å². The minimum atomic E-state index is 0.913. The van der Waals surface area contributed by atoms with E-state index >= 15 is 0 Å². The zero-order valence-electron chi connectivity index (χ0n) is 7.59. The third-order valence-corrected chi connectivity index (χ3v) is 1.53. The van der Waals surface area contributed by atoms with Crippen molar-refractivity contribution in [3.05, 3.63) is 11.6 Å². The smallest absolute Gasteiger partial charge is 0.0627 e. The largest absolute Gasteiger partial charge is 0.167 e. The van der Waals surface area contributed by atoms with Crippen molar-refractivity contribution in [2.45, 2.75) is 33.6 Å². The van der Waals surface area contributed by atoms with Gasteiger partial charge in [-0.2, -0.15) is 10.2 Å². The Labute approximate surface area is 68.7 Å². The summed E-state index contributed by atoms with van der Waals surface area (Å²) < 4.78 is 0. The van der Waals surface area contributed by atoms with E-state index in [2.05, 4.69) is 43.8 Å². The molecule has 0 N–H and O–H groups in total. The summed E-state index contributed by atoms with van der Waals surface area (Å²) in [5, 5.41) is 7.37. The van der Waals surface area contributed by atoms with E-state index in [1.807, 2.05) is 0 Å². The lowest BCUT2D eigenvalue weighted by atomic mass is 10.1. The normalized spacial score (nSPS) is 13.4. The molecule has 0 spiro atoms. The van der Waals surface area contributed by atoms with Crippen molar-refractivity contribution >= 4 is 12.4 Å². The Morgan fingerprint density at radius 1 is 1.36 bits per heavy atom. The third kappa shape index (κ3) is 4.48. The average Bonchev–Trinajstić information content (AvgIpc) is 2.03. The molecule has 0 aromatic heterocycles. The Hall–Kier alpha value is -0.920. The van der Waals surface area contributed by atoms with Gasteiger partial charge in [0, 0.05) is 6.72 Å². The predicted octanol–water partition coefficient (Wildman–Crippen LogP) is 2.81. The molecule has 62 valence electrons. The first kappa shape index (κ1) is 10.1. The molecular weight excluding hydrogens is 136 g/mol. The molecule has 0 saturated heterocycles. The highest BCUT2D eigenvalue weighted by Gasteiger charge is 1.90. The van der Waals surface area contributed by atoms with E-state index in [1.165, 1.54) is 5.57 Å². The summed E-state index contributed by atoms with van der Waals surface area (Å²) in [5.41, 5.74) is 2.33. The van der Waals surface area contributed by atoms with Crippen LogP contribution in [-0.4, -0.2) is 12.4 Å². The number of hydrogen-bond donors (Lipinski definition) is 0. The lowest BCUT2D eigenvalue weighted by Crippen LogP contribution is -1.90. The van der Waals surface area contributed by atoms with Crippen molar-refractivity contribution in [1.82, 2.24) is 0 Å². The van der Waals surface area contributed by atoms with Crippen molar-refractivity contribution in [2.75, 3.05) is 0 Å². The number of hydrogen-bond acceptors (Lipinski definition) is 2. The average molecular weight is 152 g/mol. The second-order valence-corrected chi connectivity index (χ2v) is 2.43. The van der Waals surface area contributed by atoms with Gasteiger partial charge in [-0.15, -0.1) is 0 Å². The Morgan fingerprint density at radius 2 is 2.00 bits per heavy atom. The van der Waals surface area contributed by atoms with Crippen LogP contribution in [0.4, 0.5) is 0 Å². The summed E-state index contributed by atoms with van der Waals surface area (Å²) in [6, 6.07) is 0. The maximum Gasteiger partial charge on any atom is 0.0627 e. The van der Waals surface area contributed by atoms with Crippen LogP contribution in [0.3, 0.4) is 0 Å². The van der Waals surface area contributed by atoms with Crippen LogP contribution in [0.15, 0.2) is 21.9 Å². The summed E-state index contributed by atoms with van der Waals surface area (Å²) >= 11 is 0. The van der Waals surface area contributed by atoms with Crippen molar-refractivity contribution < 1.29 is 0 Å². The summed E-state index contributed by atoms with van der Waals surface area (Å²) in [6.07, 6.45) is 4.04. The molecule has 0 aromatic rings. The number of allylic oxidation sites excluding steroid dienone is 2. The van der Waals surface area contributed by atoms with Gasteiger partial charge in [-0.05, 0) is 25.8 Å². The molecule has 0 amide bonds. The van der Waals surface area contributed by atoms with Crippen LogP contribution in [0.1, 0.15) is 33.6 Å². The van der Waals surface area contributed by atoms with Gasteiger partial charge < -0.3 is 0 Å². The lowest BCUT2D eigenvalue weighted by molar-refractivity contribution is 1.09. The molecule has 0 aliphatic rings. The van der Waals surface area contributed by atoms with E-state index in [4.69, 9.17) is 0 Å². The zero-order valence-corrected chi connectivity index (χ0v) is 7.59. The molecule has 0 bridgehead atoms. The summed E-state index contributed by atoms with van der Waals surface area (Å²) in [7, 11) is 0. The molecular formula is C9H16N2. The third-order valence-electron chi connectivity index (χ3n) is 1.53. The molecule has 2 heteroatoms. The van der Waals surface area contributed by atoms with Crippen molar-refractivity contribution in [3.8, 4) is 0 Å². The van der Waals surface area contributed by atoms with E-state index in [1.54, 1.807) is 0 Å². The summed E-state index contributed by atoms with van der Waals surface area (Å²) in [6.45, 7) is 9.59. The van der Waals surface area contributed by atoms with Crippen LogP contribution in [0, 0.1) is 0 Å². The van der Waals surface area contributed by atoms with Crippen LogP contribution in [0.25, 0.3) is 0 Å². The highest BCUT2D eigenvalue weighted by Crippen LogP contribution is 2.00. The molecule has 0 heterocycles. The molecule has 0 aliphatic carbocycles. The Balaban J connectivity index is 4.28. The summed E-state index contributed by atoms with van der Waals surface area (Å²) in [4.78, 5) is 0. The second-order valence-electron chi connectivity index (χ2n) is 2.43. The minimum Gasteiger partial charge on any atom is -0.167 e. The van der Waals surface area contributed by atoms with Crippen LogP contribution in [-0.2, 0) is 0 Å². The fourth-order valence-corrected chi connectivity index (χ4v) is 0.679. The molecule has 0 radical (unpaired) electrons. The SMILES string of the molecule is C=N/N=C(\C=C(/C)CC)CC. The quantitative estimate of drug-likeness (QED) is 0.437. The molecule has 0 aromatic carbocycles. The van der Waals surface area contributed by atoms with Gasteiger partial charge in [0.1, 0.15) is 0 Å². The first-order valence-electron chi connectivity index (χ1n) is 3.94. The van der Waals surface area contributed by atoms with Crippen LogP contribution in [0.2, 0.25) is 0 Å². The van der Waals surface area contributed by atoms with E-state index in [-0.39, 0.29) is 0 Å². The van der Waals surface area contributed by atoms with Gasteiger partial charge in [0.05, 0.1) is 5.71 Å². The molecule has 11 heavy (non-hydrogen) atoms. The standard InChI is InChI=1S/C9H16N2/c1-5-8(3)7-9(6-2)11-10-4/h7H,4-6H2,1-3H3/b8-7+,11-9-. The van der Waals surface area contributed by atoms with Crippen LogP contribution < -0.4 is 0 Å². The van der Waals surface area contributed by atoms with Gasteiger partial charge in [-0.1, -0.05) is 19.4 Å². The van der Waals surface area contributed by atoms with Gasteiger partial charge in [0.2, 0.25) is 0 Å². The Morgan fingerprint density at radius 3 is 2.36 bits per heavy atom. The van der Waals surface area contributed by atoms with Gasteiger partial charge in [-0.25, -0.2) is 0 Å². The lowest BCUT2D eigenvalue weighted by Gasteiger charge is -1.95.